The first-order valence-electron chi connectivity index (χ1n) is 3.84. The van der Waals surface area contributed by atoms with Crippen molar-refractivity contribution in [1.82, 2.24) is 4.98 Å². The summed E-state index contributed by atoms with van der Waals surface area (Å²) in [6.45, 7) is 5.60. The maximum atomic E-state index is 13.4. The summed E-state index contributed by atoms with van der Waals surface area (Å²) < 4.78 is 14.1. The van der Waals surface area contributed by atoms with Crippen LogP contribution in [-0.4, -0.2) is 4.98 Å². The van der Waals surface area contributed by atoms with Gasteiger partial charge in [-0.1, -0.05) is 13.8 Å². The van der Waals surface area contributed by atoms with Crippen LogP contribution in [0.15, 0.2) is 10.7 Å². The molecule has 1 rings (SSSR count). The Morgan fingerprint density at radius 2 is 2.08 bits per heavy atom. The first kappa shape index (κ1) is 9.65. The van der Waals surface area contributed by atoms with Gasteiger partial charge in [0.25, 0.3) is 0 Å². The van der Waals surface area contributed by atoms with Gasteiger partial charge in [0.2, 0.25) is 0 Å². The standard InChI is InChI=1S/C9H11BrFN/c1-5(2)9-8(11)6(3)7(10)4-12-9/h4-5H,1-3H3. The molecular weight excluding hydrogens is 221 g/mol. The highest BCUT2D eigenvalue weighted by molar-refractivity contribution is 9.10. The van der Waals surface area contributed by atoms with E-state index in [1.54, 1.807) is 13.1 Å². The predicted molar refractivity (Wildman–Crippen MR) is 50.7 cm³/mol. The van der Waals surface area contributed by atoms with Crippen molar-refractivity contribution in [2.24, 2.45) is 0 Å². The van der Waals surface area contributed by atoms with Gasteiger partial charge in [-0.05, 0) is 28.8 Å². The number of rotatable bonds is 1. The molecule has 0 unspecified atom stereocenters. The van der Waals surface area contributed by atoms with Gasteiger partial charge >= 0.3 is 0 Å². The van der Waals surface area contributed by atoms with Crippen LogP contribution in [-0.2, 0) is 0 Å². The Balaban J connectivity index is 3.27. The minimum atomic E-state index is -0.195. The van der Waals surface area contributed by atoms with Crippen molar-refractivity contribution >= 4 is 15.9 Å². The Kier molecular flexibility index (Phi) is 2.83. The molecule has 1 aromatic rings. The van der Waals surface area contributed by atoms with E-state index in [1.165, 1.54) is 0 Å². The van der Waals surface area contributed by atoms with Crippen molar-refractivity contribution in [2.75, 3.05) is 0 Å². The first-order valence-corrected chi connectivity index (χ1v) is 4.63. The number of pyridine rings is 1. The lowest BCUT2D eigenvalue weighted by molar-refractivity contribution is 0.574. The van der Waals surface area contributed by atoms with Gasteiger partial charge in [-0.2, -0.15) is 0 Å². The van der Waals surface area contributed by atoms with E-state index in [0.717, 1.165) is 4.47 Å². The van der Waals surface area contributed by atoms with E-state index < -0.39 is 0 Å². The molecule has 1 aromatic heterocycles. The number of aromatic nitrogens is 1. The summed E-state index contributed by atoms with van der Waals surface area (Å²) in [5.41, 5.74) is 1.17. The van der Waals surface area contributed by atoms with Crippen LogP contribution in [0.4, 0.5) is 4.39 Å². The number of hydrogen-bond donors (Lipinski definition) is 0. The van der Waals surface area contributed by atoms with Crippen molar-refractivity contribution in [3.8, 4) is 0 Å². The van der Waals surface area contributed by atoms with Crippen LogP contribution in [0.3, 0.4) is 0 Å². The molecule has 0 radical (unpaired) electrons. The molecule has 0 aliphatic heterocycles. The third-order valence-electron chi connectivity index (χ3n) is 1.78. The fraction of sp³-hybridized carbons (Fsp3) is 0.444. The second-order valence-corrected chi connectivity index (χ2v) is 3.94. The molecule has 0 aliphatic rings. The lowest BCUT2D eigenvalue weighted by Gasteiger charge is -2.08. The quantitative estimate of drug-likeness (QED) is 0.722. The minimum Gasteiger partial charge on any atom is -0.257 e. The van der Waals surface area contributed by atoms with E-state index in [2.05, 4.69) is 20.9 Å². The van der Waals surface area contributed by atoms with Crippen molar-refractivity contribution in [2.45, 2.75) is 26.7 Å². The number of hydrogen-bond acceptors (Lipinski definition) is 1. The van der Waals surface area contributed by atoms with Gasteiger partial charge in [0.05, 0.1) is 5.69 Å². The molecule has 0 saturated heterocycles. The summed E-state index contributed by atoms with van der Waals surface area (Å²) >= 11 is 3.23. The van der Waals surface area contributed by atoms with E-state index in [1.807, 2.05) is 13.8 Å². The van der Waals surface area contributed by atoms with Crippen molar-refractivity contribution in [1.29, 1.82) is 0 Å². The molecule has 1 nitrogen and oxygen atoms in total. The molecule has 0 bridgehead atoms. The van der Waals surface area contributed by atoms with Crippen LogP contribution >= 0.6 is 15.9 Å². The molecular formula is C9H11BrFN. The predicted octanol–water partition coefficient (Wildman–Crippen LogP) is 3.42. The fourth-order valence-corrected chi connectivity index (χ4v) is 1.26. The minimum absolute atomic E-state index is 0.136. The summed E-state index contributed by atoms with van der Waals surface area (Å²) in [4.78, 5) is 4.02. The van der Waals surface area contributed by atoms with E-state index in [0.29, 0.717) is 11.3 Å². The summed E-state index contributed by atoms with van der Waals surface area (Å²) in [7, 11) is 0. The fourth-order valence-electron chi connectivity index (χ4n) is 0.979. The zero-order valence-corrected chi connectivity index (χ0v) is 8.94. The summed E-state index contributed by atoms with van der Waals surface area (Å²) in [5, 5.41) is 0. The average Bonchev–Trinajstić information content (AvgIpc) is 2.00. The van der Waals surface area contributed by atoms with Crippen molar-refractivity contribution < 1.29 is 4.39 Å². The van der Waals surface area contributed by atoms with Crippen LogP contribution < -0.4 is 0 Å². The molecule has 0 amide bonds. The monoisotopic (exact) mass is 231 g/mol. The van der Waals surface area contributed by atoms with Crippen molar-refractivity contribution in [3.05, 3.63) is 27.7 Å². The normalized spacial score (nSPS) is 10.8. The van der Waals surface area contributed by atoms with Gasteiger partial charge in [0.15, 0.2) is 0 Å². The molecule has 0 spiro atoms. The van der Waals surface area contributed by atoms with Gasteiger partial charge < -0.3 is 0 Å². The summed E-state index contributed by atoms with van der Waals surface area (Å²) in [6, 6.07) is 0. The van der Waals surface area contributed by atoms with Crippen LogP contribution in [0.25, 0.3) is 0 Å². The van der Waals surface area contributed by atoms with Crippen LogP contribution in [0.5, 0.6) is 0 Å². The topological polar surface area (TPSA) is 12.9 Å². The van der Waals surface area contributed by atoms with Gasteiger partial charge in [0.1, 0.15) is 5.82 Å². The highest BCUT2D eigenvalue weighted by Gasteiger charge is 2.12. The Bertz CT molecular complexity index is 297. The Morgan fingerprint density at radius 1 is 1.50 bits per heavy atom. The molecule has 0 atom stereocenters. The van der Waals surface area contributed by atoms with E-state index in [9.17, 15) is 4.39 Å². The molecule has 3 heteroatoms. The highest BCUT2D eigenvalue weighted by Crippen LogP contribution is 2.23. The number of halogens is 2. The Morgan fingerprint density at radius 3 is 2.58 bits per heavy atom. The summed E-state index contributed by atoms with van der Waals surface area (Å²) in [6.07, 6.45) is 1.65. The maximum Gasteiger partial charge on any atom is 0.148 e. The van der Waals surface area contributed by atoms with Crippen LogP contribution in [0, 0.1) is 12.7 Å². The second-order valence-electron chi connectivity index (χ2n) is 3.09. The lowest BCUT2D eigenvalue weighted by atomic mass is 10.1. The lowest BCUT2D eigenvalue weighted by Crippen LogP contribution is -2.00. The van der Waals surface area contributed by atoms with Crippen LogP contribution in [0.1, 0.15) is 31.0 Å². The zero-order valence-electron chi connectivity index (χ0n) is 7.36. The second kappa shape index (κ2) is 3.52. The maximum absolute atomic E-state index is 13.4. The van der Waals surface area contributed by atoms with E-state index in [-0.39, 0.29) is 11.7 Å². The molecule has 0 saturated carbocycles. The molecule has 0 aliphatic carbocycles. The third-order valence-corrected chi connectivity index (χ3v) is 2.58. The SMILES string of the molecule is Cc1c(Br)cnc(C(C)C)c1F. The Labute approximate surface area is 80.1 Å². The first-order chi connectivity index (χ1) is 5.54. The Hall–Kier alpha value is -0.440. The molecule has 1 heterocycles. The smallest absolute Gasteiger partial charge is 0.148 e. The van der Waals surface area contributed by atoms with E-state index >= 15 is 0 Å². The molecule has 0 N–H and O–H groups in total. The average molecular weight is 232 g/mol. The molecule has 12 heavy (non-hydrogen) atoms. The van der Waals surface area contributed by atoms with Crippen molar-refractivity contribution in [3.63, 3.8) is 0 Å². The summed E-state index contributed by atoms with van der Waals surface area (Å²) in [5.74, 6) is -0.0591. The zero-order chi connectivity index (χ0) is 9.30. The van der Waals surface area contributed by atoms with Gasteiger partial charge in [0, 0.05) is 16.2 Å². The highest BCUT2D eigenvalue weighted by atomic mass is 79.9. The molecule has 0 aromatic carbocycles. The van der Waals surface area contributed by atoms with E-state index in [4.69, 9.17) is 0 Å². The third kappa shape index (κ3) is 1.66. The van der Waals surface area contributed by atoms with Gasteiger partial charge in [-0.25, -0.2) is 4.39 Å². The molecule has 0 fully saturated rings. The van der Waals surface area contributed by atoms with Gasteiger partial charge in [-0.15, -0.1) is 0 Å². The molecule has 66 valence electrons. The van der Waals surface area contributed by atoms with Gasteiger partial charge in [-0.3, -0.25) is 4.98 Å². The largest absolute Gasteiger partial charge is 0.257 e. The number of nitrogens with zero attached hydrogens (tertiary/aromatic N) is 1. The van der Waals surface area contributed by atoms with Crippen LogP contribution in [0.2, 0.25) is 0 Å².